The number of nitro groups is 1. The number of anilines is 1. The van der Waals surface area contributed by atoms with Crippen molar-refractivity contribution < 1.29 is 4.92 Å². The van der Waals surface area contributed by atoms with E-state index in [0.717, 1.165) is 0 Å². The molecule has 1 saturated carbocycles. The van der Waals surface area contributed by atoms with E-state index in [1.165, 1.54) is 12.8 Å². The third kappa shape index (κ3) is 2.11. The molecule has 17 heavy (non-hydrogen) atoms. The van der Waals surface area contributed by atoms with Crippen LogP contribution in [0.3, 0.4) is 0 Å². The molecule has 1 aromatic rings. The molecule has 0 aromatic carbocycles. The lowest BCUT2D eigenvalue weighted by Crippen LogP contribution is -2.34. The van der Waals surface area contributed by atoms with Crippen LogP contribution >= 0.6 is 0 Å². The molecule has 0 unspecified atom stereocenters. The van der Waals surface area contributed by atoms with Crippen molar-refractivity contribution in [1.29, 1.82) is 0 Å². The van der Waals surface area contributed by atoms with E-state index in [9.17, 15) is 10.1 Å². The Labute approximate surface area is 100 Å². The quantitative estimate of drug-likeness (QED) is 0.645. The van der Waals surface area contributed by atoms with Gasteiger partial charge in [0.1, 0.15) is 0 Å². The fraction of sp³-hybridized carbons (Fsp3) is 0.727. The molecule has 0 bridgehead atoms. The van der Waals surface area contributed by atoms with Gasteiger partial charge in [-0.1, -0.05) is 0 Å². The minimum Gasteiger partial charge on any atom is -0.359 e. The molecular formula is C11H18N4O2. The molecule has 0 atom stereocenters. The first-order valence-electron chi connectivity index (χ1n) is 5.79. The summed E-state index contributed by atoms with van der Waals surface area (Å²) in [6.07, 6.45) is 2.37. The summed E-state index contributed by atoms with van der Waals surface area (Å²) < 4.78 is 1.74. The fourth-order valence-corrected chi connectivity index (χ4v) is 2.07. The van der Waals surface area contributed by atoms with E-state index in [2.05, 4.69) is 24.1 Å². The summed E-state index contributed by atoms with van der Waals surface area (Å²) in [7, 11) is 1.79. The van der Waals surface area contributed by atoms with Gasteiger partial charge < -0.3 is 15.4 Å². The summed E-state index contributed by atoms with van der Waals surface area (Å²) in [6.45, 7) is 5.93. The van der Waals surface area contributed by atoms with Gasteiger partial charge in [0.05, 0.1) is 0 Å². The van der Waals surface area contributed by atoms with Crippen LogP contribution in [0.4, 0.5) is 11.6 Å². The van der Waals surface area contributed by atoms with Crippen molar-refractivity contribution in [2.24, 2.45) is 13.0 Å². The Hall–Kier alpha value is -1.59. The van der Waals surface area contributed by atoms with Gasteiger partial charge in [0.25, 0.3) is 0 Å². The van der Waals surface area contributed by atoms with Crippen LogP contribution in [0.15, 0.2) is 0 Å². The first-order chi connectivity index (χ1) is 7.83. The second-order valence-corrected chi connectivity index (χ2v) is 5.27. The SMILES string of the molecule is Cc1nc([N+](=O)[O-])c(NC(C)(C)C2CC2)n1C. The smallest absolute Gasteiger partial charge is 0.359 e. The number of nitrogens with zero attached hydrogens (tertiary/aromatic N) is 3. The highest BCUT2D eigenvalue weighted by Crippen LogP contribution is 2.42. The molecule has 6 nitrogen and oxygen atoms in total. The van der Waals surface area contributed by atoms with Crippen molar-refractivity contribution in [3.63, 3.8) is 0 Å². The Balaban J connectivity index is 2.33. The zero-order chi connectivity index (χ0) is 12.8. The predicted molar refractivity (Wildman–Crippen MR) is 65.0 cm³/mol. The summed E-state index contributed by atoms with van der Waals surface area (Å²) in [4.78, 5) is 14.5. The van der Waals surface area contributed by atoms with Crippen LogP contribution in [0.1, 0.15) is 32.5 Å². The number of rotatable bonds is 4. The van der Waals surface area contributed by atoms with Crippen LogP contribution < -0.4 is 5.32 Å². The summed E-state index contributed by atoms with van der Waals surface area (Å²) in [5, 5.41) is 14.2. The molecule has 1 fully saturated rings. The lowest BCUT2D eigenvalue weighted by atomic mass is 9.99. The number of nitrogens with one attached hydrogen (secondary N) is 1. The summed E-state index contributed by atoms with van der Waals surface area (Å²) >= 11 is 0. The van der Waals surface area contributed by atoms with Crippen LogP contribution in [0.5, 0.6) is 0 Å². The molecule has 6 heteroatoms. The normalized spacial score (nSPS) is 16.0. The Morgan fingerprint density at radius 3 is 2.59 bits per heavy atom. The Kier molecular flexibility index (Phi) is 2.60. The van der Waals surface area contributed by atoms with Gasteiger partial charge in [-0.2, -0.15) is 0 Å². The van der Waals surface area contributed by atoms with E-state index in [-0.39, 0.29) is 11.4 Å². The lowest BCUT2D eigenvalue weighted by Gasteiger charge is -2.26. The Morgan fingerprint density at radius 2 is 2.12 bits per heavy atom. The van der Waals surface area contributed by atoms with Gasteiger partial charge in [0.15, 0.2) is 0 Å². The third-order valence-corrected chi connectivity index (χ3v) is 3.51. The van der Waals surface area contributed by atoms with Crippen molar-refractivity contribution >= 4 is 11.6 Å². The van der Waals surface area contributed by atoms with Gasteiger partial charge in [0.2, 0.25) is 11.6 Å². The molecule has 1 heterocycles. The molecular weight excluding hydrogens is 220 g/mol. The molecule has 0 radical (unpaired) electrons. The number of aryl methyl sites for hydroxylation is 1. The number of hydrogen-bond donors (Lipinski definition) is 1. The highest BCUT2D eigenvalue weighted by atomic mass is 16.6. The minimum absolute atomic E-state index is 0.0845. The summed E-state index contributed by atoms with van der Waals surface area (Å²) in [5.74, 6) is 1.66. The van der Waals surface area contributed by atoms with Gasteiger partial charge in [-0.15, -0.1) is 0 Å². The topological polar surface area (TPSA) is 73.0 Å². The van der Waals surface area contributed by atoms with Gasteiger partial charge >= 0.3 is 5.82 Å². The third-order valence-electron chi connectivity index (χ3n) is 3.51. The molecule has 0 aliphatic heterocycles. The average molecular weight is 238 g/mol. The molecule has 1 N–H and O–H groups in total. The molecule has 0 spiro atoms. The average Bonchev–Trinajstić information content (AvgIpc) is 3.01. The predicted octanol–water partition coefficient (Wildman–Crippen LogP) is 2.24. The zero-order valence-corrected chi connectivity index (χ0v) is 10.6. The van der Waals surface area contributed by atoms with Crippen molar-refractivity contribution in [2.45, 2.75) is 39.2 Å². The molecule has 94 valence electrons. The second kappa shape index (κ2) is 3.72. The van der Waals surface area contributed by atoms with Crippen molar-refractivity contribution in [2.75, 3.05) is 5.32 Å². The molecule has 0 amide bonds. The van der Waals surface area contributed by atoms with Gasteiger partial charge in [-0.25, -0.2) is 0 Å². The van der Waals surface area contributed by atoms with Gasteiger partial charge in [0, 0.05) is 19.5 Å². The standard InChI is InChI=1S/C11H18N4O2/c1-7-12-9(15(16)17)10(14(7)4)13-11(2,3)8-5-6-8/h8,13H,5-6H2,1-4H3. The second-order valence-electron chi connectivity index (χ2n) is 5.27. The van der Waals surface area contributed by atoms with Crippen LogP contribution in [-0.2, 0) is 7.05 Å². The van der Waals surface area contributed by atoms with E-state index >= 15 is 0 Å². The maximum Gasteiger partial charge on any atom is 0.406 e. The van der Waals surface area contributed by atoms with Gasteiger partial charge in [-0.3, -0.25) is 4.57 Å². The van der Waals surface area contributed by atoms with E-state index in [4.69, 9.17) is 0 Å². The van der Waals surface area contributed by atoms with E-state index < -0.39 is 4.92 Å². The summed E-state index contributed by atoms with van der Waals surface area (Å²) in [5.41, 5.74) is -0.120. The highest BCUT2D eigenvalue weighted by molar-refractivity contribution is 5.55. The molecule has 1 aliphatic carbocycles. The monoisotopic (exact) mass is 238 g/mol. The molecule has 1 aromatic heterocycles. The van der Waals surface area contributed by atoms with Crippen LogP contribution in [0.2, 0.25) is 0 Å². The highest BCUT2D eigenvalue weighted by Gasteiger charge is 2.40. The number of hydrogen-bond acceptors (Lipinski definition) is 4. The maximum absolute atomic E-state index is 10.9. The van der Waals surface area contributed by atoms with Crippen LogP contribution in [-0.4, -0.2) is 20.0 Å². The van der Waals surface area contributed by atoms with E-state index in [1.807, 2.05) is 0 Å². The maximum atomic E-state index is 10.9. The van der Waals surface area contributed by atoms with E-state index in [1.54, 1.807) is 18.5 Å². The van der Waals surface area contributed by atoms with Crippen molar-refractivity contribution in [1.82, 2.24) is 9.55 Å². The lowest BCUT2D eigenvalue weighted by molar-refractivity contribution is -0.388. The van der Waals surface area contributed by atoms with Crippen LogP contribution in [0.25, 0.3) is 0 Å². The fourth-order valence-electron chi connectivity index (χ4n) is 2.07. The molecule has 1 aliphatic rings. The first kappa shape index (κ1) is 11.9. The number of imidazole rings is 1. The Bertz CT molecular complexity index is 460. The van der Waals surface area contributed by atoms with Crippen LogP contribution in [0, 0.1) is 23.0 Å². The zero-order valence-electron chi connectivity index (χ0n) is 10.6. The van der Waals surface area contributed by atoms with Gasteiger partial charge in [-0.05, 0) is 42.5 Å². The summed E-state index contributed by atoms with van der Waals surface area (Å²) in [6, 6.07) is 0. The minimum atomic E-state index is -0.432. The largest absolute Gasteiger partial charge is 0.406 e. The number of aromatic nitrogens is 2. The van der Waals surface area contributed by atoms with Crippen molar-refractivity contribution in [3.8, 4) is 0 Å². The van der Waals surface area contributed by atoms with Crippen molar-refractivity contribution in [3.05, 3.63) is 15.9 Å². The Morgan fingerprint density at radius 1 is 1.53 bits per heavy atom. The molecule has 0 saturated heterocycles. The van der Waals surface area contributed by atoms with E-state index in [0.29, 0.717) is 17.6 Å². The molecule has 2 rings (SSSR count). The first-order valence-corrected chi connectivity index (χ1v) is 5.79.